The molecule has 0 aromatic heterocycles. The Morgan fingerprint density at radius 1 is 1.15 bits per heavy atom. The highest BCUT2D eigenvalue weighted by Crippen LogP contribution is 2.13. The van der Waals surface area contributed by atoms with Crippen molar-refractivity contribution in [3.05, 3.63) is 42.0 Å². The van der Waals surface area contributed by atoms with E-state index >= 15 is 0 Å². The van der Waals surface area contributed by atoms with E-state index in [2.05, 4.69) is 6.58 Å². The summed E-state index contributed by atoms with van der Waals surface area (Å²) in [7, 11) is 3.83. The lowest BCUT2D eigenvalue weighted by Crippen LogP contribution is -2.15. The Kier molecular flexibility index (Phi) is 5.77. The molecule has 0 radical (unpaired) electrons. The van der Waals surface area contributed by atoms with E-state index in [1.165, 1.54) is 0 Å². The molecule has 0 fully saturated rings. The van der Waals surface area contributed by atoms with E-state index in [-0.39, 0.29) is 18.8 Å². The molecule has 0 aliphatic heterocycles. The maximum absolute atomic E-state index is 11.8. The summed E-state index contributed by atoms with van der Waals surface area (Å²) in [5.41, 5.74) is 1.52. The Balaban J connectivity index is 2.55. The van der Waals surface area contributed by atoms with Gasteiger partial charge in [-0.05, 0) is 31.2 Å². The van der Waals surface area contributed by atoms with Crippen LogP contribution in [0.3, 0.4) is 0 Å². The fourth-order valence-electron chi connectivity index (χ4n) is 1.42. The van der Waals surface area contributed by atoms with Gasteiger partial charge in [-0.15, -0.1) is 0 Å². The number of hydrogen-bond acceptors (Lipinski definition) is 5. The third-order valence-corrected chi connectivity index (χ3v) is 2.56. The molecule has 0 unspecified atom stereocenters. The molecule has 5 nitrogen and oxygen atoms in total. The number of nitrogens with zero attached hydrogens (tertiary/aromatic N) is 1. The Hall–Kier alpha value is -2.30. The smallest absolute Gasteiger partial charge is 0.338 e. The van der Waals surface area contributed by atoms with Crippen molar-refractivity contribution in [2.24, 2.45) is 0 Å². The first-order valence-corrected chi connectivity index (χ1v) is 6.25. The summed E-state index contributed by atoms with van der Waals surface area (Å²) in [5, 5.41) is 0. The minimum absolute atomic E-state index is 0.116. The zero-order valence-electron chi connectivity index (χ0n) is 12.0. The number of carbonyl (C=O) groups is 2. The van der Waals surface area contributed by atoms with Gasteiger partial charge in [-0.3, -0.25) is 0 Å². The van der Waals surface area contributed by atoms with Gasteiger partial charge in [0, 0.05) is 19.8 Å². The summed E-state index contributed by atoms with van der Waals surface area (Å²) < 4.78 is 9.75. The van der Waals surface area contributed by atoms with Gasteiger partial charge in [-0.25, -0.2) is 9.59 Å². The maximum Gasteiger partial charge on any atom is 0.338 e. The normalized spacial score (nSPS) is 9.75. The minimum Gasteiger partial charge on any atom is -0.463 e. The van der Waals surface area contributed by atoms with Crippen LogP contribution >= 0.6 is 0 Å². The van der Waals surface area contributed by atoms with Crippen LogP contribution in [0.4, 0.5) is 5.69 Å². The van der Waals surface area contributed by atoms with E-state index < -0.39 is 11.9 Å². The molecule has 0 aliphatic carbocycles. The second kappa shape index (κ2) is 7.33. The second-order valence-corrected chi connectivity index (χ2v) is 4.34. The van der Waals surface area contributed by atoms with Gasteiger partial charge in [-0.1, -0.05) is 6.58 Å². The number of ether oxygens (including phenoxy) is 2. The van der Waals surface area contributed by atoms with Gasteiger partial charge in [-0.2, -0.15) is 0 Å². The van der Waals surface area contributed by atoms with Crippen molar-refractivity contribution in [1.82, 2.24) is 0 Å². The zero-order valence-corrected chi connectivity index (χ0v) is 12.0. The first kappa shape index (κ1) is 15.8. The topological polar surface area (TPSA) is 55.8 Å². The molecule has 0 saturated carbocycles. The van der Waals surface area contributed by atoms with Gasteiger partial charge in [0.05, 0.1) is 17.7 Å². The molecule has 0 atom stereocenters. The van der Waals surface area contributed by atoms with Crippen LogP contribution in [0.1, 0.15) is 17.3 Å². The molecule has 0 N–H and O–H groups in total. The molecule has 0 bridgehead atoms. The molecule has 0 aliphatic rings. The van der Waals surface area contributed by atoms with Crippen molar-refractivity contribution in [3.63, 3.8) is 0 Å². The molecule has 108 valence electrons. The predicted octanol–water partition coefficient (Wildman–Crippen LogP) is 2.03. The third kappa shape index (κ3) is 4.42. The number of rotatable bonds is 6. The van der Waals surface area contributed by atoms with Crippen LogP contribution in [0.2, 0.25) is 0 Å². The van der Waals surface area contributed by atoms with E-state index in [9.17, 15) is 9.59 Å². The maximum atomic E-state index is 11.8. The van der Waals surface area contributed by atoms with Crippen molar-refractivity contribution in [1.29, 1.82) is 0 Å². The summed E-state index contributed by atoms with van der Waals surface area (Å²) in [5.74, 6) is -1.05. The van der Waals surface area contributed by atoms with Crippen molar-refractivity contribution in [2.45, 2.75) is 6.92 Å². The highest BCUT2D eigenvalue weighted by atomic mass is 16.5. The zero-order chi connectivity index (χ0) is 15.1. The molecular weight excluding hydrogens is 258 g/mol. The highest BCUT2D eigenvalue weighted by Gasteiger charge is 2.12. The SMILES string of the molecule is C=C(COC(=O)c1ccc(N(C)C)cc1)C(=O)OCC. The molecule has 0 heterocycles. The van der Waals surface area contributed by atoms with Crippen LogP contribution in [-0.2, 0) is 14.3 Å². The number of anilines is 1. The first-order chi connectivity index (χ1) is 9.45. The molecular formula is C15H19NO4. The van der Waals surface area contributed by atoms with E-state index in [4.69, 9.17) is 9.47 Å². The first-order valence-electron chi connectivity index (χ1n) is 6.25. The largest absolute Gasteiger partial charge is 0.463 e. The molecule has 0 saturated heterocycles. The van der Waals surface area contributed by atoms with Gasteiger partial charge in [0.25, 0.3) is 0 Å². The van der Waals surface area contributed by atoms with Crippen molar-refractivity contribution in [2.75, 3.05) is 32.2 Å². The van der Waals surface area contributed by atoms with Gasteiger partial charge in [0.15, 0.2) is 0 Å². The summed E-state index contributed by atoms with van der Waals surface area (Å²) in [4.78, 5) is 25.0. The van der Waals surface area contributed by atoms with Crippen molar-refractivity contribution >= 4 is 17.6 Å². The molecule has 1 aromatic carbocycles. The Morgan fingerprint density at radius 2 is 1.75 bits per heavy atom. The van der Waals surface area contributed by atoms with Crippen LogP contribution in [0.15, 0.2) is 36.4 Å². The van der Waals surface area contributed by atoms with Gasteiger partial charge in [0.2, 0.25) is 0 Å². The van der Waals surface area contributed by atoms with Gasteiger partial charge in [0.1, 0.15) is 6.61 Å². The number of benzene rings is 1. The lowest BCUT2D eigenvalue weighted by Gasteiger charge is -2.12. The monoisotopic (exact) mass is 277 g/mol. The molecule has 0 amide bonds. The number of hydrogen-bond donors (Lipinski definition) is 0. The fraction of sp³-hybridized carbons (Fsp3) is 0.333. The summed E-state index contributed by atoms with van der Waals surface area (Å²) in [6.45, 7) is 5.30. The molecule has 1 aromatic rings. The van der Waals surface area contributed by atoms with Gasteiger partial charge < -0.3 is 14.4 Å². The molecule has 5 heteroatoms. The van der Waals surface area contributed by atoms with E-state index in [0.29, 0.717) is 5.56 Å². The molecule has 0 spiro atoms. The second-order valence-electron chi connectivity index (χ2n) is 4.34. The van der Waals surface area contributed by atoms with Crippen LogP contribution in [0.25, 0.3) is 0 Å². The van der Waals surface area contributed by atoms with E-state index in [0.717, 1.165) is 5.69 Å². The van der Waals surface area contributed by atoms with E-state index in [1.54, 1.807) is 19.1 Å². The van der Waals surface area contributed by atoms with Crippen LogP contribution in [0.5, 0.6) is 0 Å². The summed E-state index contributed by atoms with van der Waals surface area (Å²) >= 11 is 0. The Morgan fingerprint density at radius 3 is 2.25 bits per heavy atom. The highest BCUT2D eigenvalue weighted by molar-refractivity contribution is 5.92. The standard InChI is InChI=1S/C15H19NO4/c1-5-19-14(17)11(2)10-20-15(18)12-6-8-13(9-7-12)16(3)4/h6-9H,2,5,10H2,1,3-4H3. The fourth-order valence-corrected chi connectivity index (χ4v) is 1.42. The Bertz CT molecular complexity index is 491. The Labute approximate surface area is 118 Å². The summed E-state index contributed by atoms with van der Waals surface area (Å²) in [6.07, 6.45) is 0. The quantitative estimate of drug-likeness (QED) is 0.588. The molecule has 1 rings (SSSR count). The van der Waals surface area contributed by atoms with Crippen LogP contribution in [0, 0.1) is 0 Å². The predicted molar refractivity (Wildman–Crippen MR) is 76.8 cm³/mol. The number of carbonyl (C=O) groups excluding carboxylic acids is 2. The van der Waals surface area contributed by atoms with Gasteiger partial charge >= 0.3 is 11.9 Å². The van der Waals surface area contributed by atoms with Crippen LogP contribution in [-0.4, -0.2) is 39.2 Å². The molecule has 20 heavy (non-hydrogen) atoms. The lowest BCUT2D eigenvalue weighted by atomic mass is 10.2. The van der Waals surface area contributed by atoms with Crippen LogP contribution < -0.4 is 4.90 Å². The average molecular weight is 277 g/mol. The van der Waals surface area contributed by atoms with Crippen molar-refractivity contribution < 1.29 is 19.1 Å². The average Bonchev–Trinajstić information content (AvgIpc) is 2.44. The number of esters is 2. The van der Waals surface area contributed by atoms with E-state index in [1.807, 2.05) is 31.1 Å². The third-order valence-electron chi connectivity index (χ3n) is 2.56. The lowest BCUT2D eigenvalue weighted by molar-refractivity contribution is -0.138. The van der Waals surface area contributed by atoms with Crippen molar-refractivity contribution in [3.8, 4) is 0 Å². The summed E-state index contributed by atoms with van der Waals surface area (Å²) in [6, 6.07) is 6.98. The minimum atomic E-state index is -0.553.